The first kappa shape index (κ1) is 16.4. The highest BCUT2D eigenvalue weighted by molar-refractivity contribution is 9.10. The van der Waals surface area contributed by atoms with Gasteiger partial charge in [-0.25, -0.2) is 4.98 Å². The first-order valence-electron chi connectivity index (χ1n) is 6.54. The Labute approximate surface area is 141 Å². The Bertz CT molecular complexity index is 558. The van der Waals surface area contributed by atoms with Crippen LogP contribution in [0.3, 0.4) is 0 Å². The Morgan fingerprint density at radius 1 is 1.30 bits per heavy atom. The normalized spacial score (nSPS) is 13.4. The molecular weight excluding hydrogens is 376 g/mol. The van der Waals surface area contributed by atoms with Crippen LogP contribution in [0.2, 0.25) is 4.34 Å². The predicted octanol–water partition coefficient (Wildman–Crippen LogP) is 5.83. The minimum atomic E-state index is 0.112. The van der Waals surface area contributed by atoms with E-state index in [0.717, 1.165) is 19.5 Å². The van der Waals surface area contributed by atoms with Gasteiger partial charge in [-0.1, -0.05) is 25.4 Å². The molecule has 20 heavy (non-hydrogen) atoms. The van der Waals surface area contributed by atoms with Crippen molar-refractivity contribution in [3.63, 3.8) is 0 Å². The van der Waals surface area contributed by atoms with Gasteiger partial charge in [-0.15, -0.1) is 22.7 Å². The van der Waals surface area contributed by atoms with Crippen molar-refractivity contribution >= 4 is 50.2 Å². The van der Waals surface area contributed by atoms with Crippen LogP contribution in [0.4, 0.5) is 0 Å². The van der Waals surface area contributed by atoms with E-state index in [9.17, 15) is 0 Å². The lowest BCUT2D eigenvalue weighted by atomic mass is 10.1. The number of rotatable bonds is 5. The maximum absolute atomic E-state index is 6.18. The van der Waals surface area contributed by atoms with Gasteiger partial charge in [0.05, 0.1) is 11.7 Å². The summed E-state index contributed by atoms with van der Waals surface area (Å²) in [6.07, 6.45) is 0. The molecule has 0 bridgehead atoms. The van der Waals surface area contributed by atoms with Gasteiger partial charge < -0.3 is 5.32 Å². The Morgan fingerprint density at radius 2 is 2.00 bits per heavy atom. The number of hydrogen-bond acceptors (Lipinski definition) is 4. The molecule has 0 aliphatic carbocycles. The second-order valence-corrected chi connectivity index (χ2v) is 8.72. The van der Waals surface area contributed by atoms with E-state index in [1.54, 1.807) is 22.7 Å². The van der Waals surface area contributed by atoms with Gasteiger partial charge in [0.1, 0.15) is 9.34 Å². The summed E-state index contributed by atoms with van der Waals surface area (Å²) in [5, 5.41) is 6.84. The van der Waals surface area contributed by atoms with Gasteiger partial charge >= 0.3 is 0 Å². The number of nitrogens with one attached hydrogen (secondary N) is 1. The van der Waals surface area contributed by atoms with Crippen LogP contribution in [0.1, 0.15) is 55.2 Å². The highest BCUT2D eigenvalue weighted by atomic mass is 79.9. The largest absolute Gasteiger partial charge is 0.301 e. The Hall–Kier alpha value is 0.0600. The van der Waals surface area contributed by atoms with E-state index < -0.39 is 0 Å². The zero-order chi connectivity index (χ0) is 14.9. The van der Waals surface area contributed by atoms with Gasteiger partial charge in [0, 0.05) is 20.8 Å². The molecule has 1 N–H and O–H groups in total. The minimum Gasteiger partial charge on any atom is -0.301 e. The molecule has 110 valence electrons. The molecule has 1 unspecified atom stereocenters. The number of aromatic nitrogens is 1. The van der Waals surface area contributed by atoms with Crippen molar-refractivity contribution < 1.29 is 0 Å². The summed E-state index contributed by atoms with van der Waals surface area (Å²) in [6, 6.07) is 2.58. The van der Waals surface area contributed by atoms with E-state index in [-0.39, 0.29) is 6.04 Å². The molecule has 0 spiro atoms. The molecule has 2 aromatic rings. The molecule has 0 amide bonds. The van der Waals surface area contributed by atoms with Gasteiger partial charge in [0.15, 0.2) is 0 Å². The Kier molecular flexibility index (Phi) is 5.65. The van der Waals surface area contributed by atoms with E-state index in [0.29, 0.717) is 12.0 Å². The van der Waals surface area contributed by atoms with Gasteiger partial charge in [-0.2, -0.15) is 0 Å². The fourth-order valence-electron chi connectivity index (χ4n) is 1.81. The summed E-state index contributed by atoms with van der Waals surface area (Å²) in [5.74, 6) is 0.457. The molecule has 2 rings (SSSR count). The average molecular weight is 394 g/mol. The van der Waals surface area contributed by atoms with Crippen LogP contribution in [0.25, 0.3) is 0 Å². The molecule has 0 aromatic carbocycles. The third-order valence-electron chi connectivity index (χ3n) is 2.83. The van der Waals surface area contributed by atoms with E-state index in [2.05, 4.69) is 60.4 Å². The molecule has 0 radical (unpaired) electrons. The Balaban J connectivity index is 2.35. The van der Waals surface area contributed by atoms with E-state index in [1.165, 1.54) is 4.88 Å². The zero-order valence-electron chi connectivity index (χ0n) is 11.9. The number of hydrogen-bond donors (Lipinski definition) is 1. The fourth-order valence-corrected chi connectivity index (χ4v) is 4.74. The lowest BCUT2D eigenvalue weighted by Gasteiger charge is -2.18. The van der Waals surface area contributed by atoms with Crippen molar-refractivity contribution in [1.29, 1.82) is 0 Å². The summed E-state index contributed by atoms with van der Waals surface area (Å²) in [6.45, 7) is 8.63. The minimum absolute atomic E-state index is 0.112. The standard InChI is InChI=1S/C14H18BrClN2S2/c1-7(2)10-6-19-14(18-10)12(17-8(3)4)11-5-9(15)13(16)20-11/h5-8,12,17H,1-4H3. The molecule has 6 heteroatoms. The topological polar surface area (TPSA) is 24.9 Å². The lowest BCUT2D eigenvalue weighted by Crippen LogP contribution is -2.28. The summed E-state index contributed by atoms with van der Waals surface area (Å²) < 4.78 is 1.74. The molecule has 2 aromatic heterocycles. The average Bonchev–Trinajstić information content (AvgIpc) is 2.94. The van der Waals surface area contributed by atoms with E-state index >= 15 is 0 Å². The first-order chi connectivity index (χ1) is 9.38. The van der Waals surface area contributed by atoms with Crippen LogP contribution < -0.4 is 5.32 Å². The van der Waals surface area contributed by atoms with Crippen molar-refractivity contribution in [2.75, 3.05) is 0 Å². The number of thiazole rings is 1. The van der Waals surface area contributed by atoms with E-state index in [1.807, 2.05) is 0 Å². The molecule has 0 saturated carbocycles. The van der Waals surface area contributed by atoms with Crippen LogP contribution in [0, 0.1) is 0 Å². The fraction of sp³-hybridized carbons (Fsp3) is 0.500. The summed E-state index contributed by atoms with van der Waals surface area (Å²) in [4.78, 5) is 5.98. The van der Waals surface area contributed by atoms with Crippen LogP contribution >= 0.6 is 50.2 Å². The maximum Gasteiger partial charge on any atom is 0.115 e. The van der Waals surface area contributed by atoms with Gasteiger partial charge in [0.25, 0.3) is 0 Å². The number of nitrogens with zero attached hydrogens (tertiary/aromatic N) is 1. The SMILES string of the molecule is CC(C)NC(c1cc(Br)c(Cl)s1)c1nc(C(C)C)cs1. The highest BCUT2D eigenvalue weighted by Gasteiger charge is 2.22. The van der Waals surface area contributed by atoms with Crippen LogP contribution in [-0.4, -0.2) is 11.0 Å². The monoisotopic (exact) mass is 392 g/mol. The Morgan fingerprint density at radius 3 is 2.45 bits per heavy atom. The summed E-state index contributed by atoms with van der Waals surface area (Å²) in [7, 11) is 0. The quantitative estimate of drug-likeness (QED) is 0.691. The van der Waals surface area contributed by atoms with Crippen LogP contribution in [0.5, 0.6) is 0 Å². The lowest BCUT2D eigenvalue weighted by molar-refractivity contribution is 0.531. The predicted molar refractivity (Wildman–Crippen MR) is 93.3 cm³/mol. The van der Waals surface area contributed by atoms with Crippen LogP contribution in [0.15, 0.2) is 15.9 Å². The third-order valence-corrected chi connectivity index (χ3v) is 6.29. The number of halogens is 2. The van der Waals surface area contributed by atoms with Crippen molar-refractivity contribution in [2.24, 2.45) is 0 Å². The second kappa shape index (κ2) is 6.88. The van der Waals surface area contributed by atoms with Crippen molar-refractivity contribution in [2.45, 2.75) is 45.7 Å². The van der Waals surface area contributed by atoms with Crippen LogP contribution in [-0.2, 0) is 0 Å². The first-order valence-corrected chi connectivity index (χ1v) is 9.41. The van der Waals surface area contributed by atoms with Gasteiger partial charge in [-0.05, 0) is 41.8 Å². The van der Waals surface area contributed by atoms with Gasteiger partial charge in [0.2, 0.25) is 0 Å². The molecule has 2 heterocycles. The van der Waals surface area contributed by atoms with Crippen molar-refractivity contribution in [1.82, 2.24) is 10.3 Å². The third kappa shape index (κ3) is 3.83. The highest BCUT2D eigenvalue weighted by Crippen LogP contribution is 2.38. The van der Waals surface area contributed by atoms with Crippen molar-refractivity contribution in [3.05, 3.63) is 35.8 Å². The smallest absolute Gasteiger partial charge is 0.115 e. The summed E-state index contributed by atoms with van der Waals surface area (Å²) >= 11 is 13.0. The summed E-state index contributed by atoms with van der Waals surface area (Å²) in [5.41, 5.74) is 1.15. The molecule has 0 aliphatic rings. The van der Waals surface area contributed by atoms with E-state index in [4.69, 9.17) is 16.6 Å². The second-order valence-electron chi connectivity index (χ2n) is 5.29. The molecule has 0 saturated heterocycles. The van der Waals surface area contributed by atoms with Crippen molar-refractivity contribution in [3.8, 4) is 0 Å². The number of thiophene rings is 1. The molecule has 0 fully saturated rings. The molecule has 1 atom stereocenters. The molecule has 2 nitrogen and oxygen atoms in total. The molecule has 0 aliphatic heterocycles. The maximum atomic E-state index is 6.18. The zero-order valence-corrected chi connectivity index (χ0v) is 15.9. The molecular formula is C14H18BrClN2S2. The van der Waals surface area contributed by atoms with Gasteiger partial charge in [-0.3, -0.25) is 0 Å².